The van der Waals surface area contributed by atoms with E-state index in [9.17, 15) is 14.4 Å². The SMILES string of the molecule is NC(=O)c1c(NC(=O)COc2ccc(C(=O)c3ccccc3)cc2)sc2c1CCC2. The molecule has 0 spiro atoms. The standard InChI is InChI=1S/C23H20N2O4S/c24-22(28)20-17-7-4-8-18(17)30-23(20)25-19(26)13-29-16-11-9-15(10-12-16)21(27)14-5-2-1-3-6-14/h1-3,5-6,9-12H,4,7-8,13H2,(H2,24,28)(H,25,26). The molecule has 0 fully saturated rings. The van der Waals surface area contributed by atoms with Gasteiger partial charge in [-0.15, -0.1) is 11.3 Å². The largest absolute Gasteiger partial charge is 0.484 e. The van der Waals surface area contributed by atoms with Crippen LogP contribution in [0.25, 0.3) is 0 Å². The van der Waals surface area contributed by atoms with Crippen molar-refractivity contribution in [1.82, 2.24) is 0 Å². The number of anilines is 1. The van der Waals surface area contributed by atoms with Crippen molar-refractivity contribution in [3.63, 3.8) is 0 Å². The van der Waals surface area contributed by atoms with Crippen LogP contribution in [0, 0.1) is 0 Å². The maximum Gasteiger partial charge on any atom is 0.262 e. The maximum atomic E-state index is 12.4. The van der Waals surface area contributed by atoms with Gasteiger partial charge in [0.2, 0.25) is 0 Å². The average Bonchev–Trinajstić information content (AvgIpc) is 3.33. The number of carbonyl (C=O) groups is 3. The molecule has 0 atom stereocenters. The van der Waals surface area contributed by atoms with Gasteiger partial charge in [0, 0.05) is 16.0 Å². The number of hydrogen-bond acceptors (Lipinski definition) is 5. The summed E-state index contributed by atoms with van der Waals surface area (Å²) >= 11 is 1.40. The van der Waals surface area contributed by atoms with E-state index < -0.39 is 5.91 Å². The fourth-order valence-electron chi connectivity index (χ4n) is 3.52. The van der Waals surface area contributed by atoms with E-state index in [1.807, 2.05) is 18.2 Å². The third-order valence-corrected chi connectivity index (χ3v) is 6.15. The predicted molar refractivity (Wildman–Crippen MR) is 115 cm³/mol. The van der Waals surface area contributed by atoms with Crippen LogP contribution in [0.3, 0.4) is 0 Å². The summed E-state index contributed by atoms with van der Waals surface area (Å²) in [6, 6.07) is 15.6. The topological polar surface area (TPSA) is 98.5 Å². The molecule has 30 heavy (non-hydrogen) atoms. The van der Waals surface area contributed by atoms with Crippen LogP contribution in [0.15, 0.2) is 54.6 Å². The normalized spacial score (nSPS) is 12.3. The number of ether oxygens (including phenoxy) is 1. The first kappa shape index (κ1) is 19.8. The zero-order chi connectivity index (χ0) is 21.1. The molecule has 152 valence electrons. The number of fused-ring (bicyclic) bond motifs is 1. The number of thiophene rings is 1. The molecule has 0 radical (unpaired) electrons. The van der Waals surface area contributed by atoms with E-state index in [-0.39, 0.29) is 18.3 Å². The number of amides is 2. The molecule has 2 aromatic carbocycles. The van der Waals surface area contributed by atoms with Crippen LogP contribution in [0.2, 0.25) is 0 Å². The van der Waals surface area contributed by atoms with Crippen LogP contribution < -0.4 is 15.8 Å². The lowest BCUT2D eigenvalue weighted by molar-refractivity contribution is -0.118. The van der Waals surface area contributed by atoms with E-state index in [1.54, 1.807) is 36.4 Å². The molecule has 0 saturated heterocycles. The molecule has 0 unspecified atom stereocenters. The number of primary amides is 1. The number of carbonyl (C=O) groups excluding carboxylic acids is 3. The van der Waals surface area contributed by atoms with Gasteiger partial charge in [-0.2, -0.15) is 0 Å². The Bertz CT molecular complexity index is 1100. The Hall–Kier alpha value is -3.45. The summed E-state index contributed by atoms with van der Waals surface area (Å²) in [4.78, 5) is 37.7. The Morgan fingerprint density at radius 3 is 2.37 bits per heavy atom. The van der Waals surface area contributed by atoms with E-state index in [2.05, 4.69) is 5.32 Å². The Balaban J connectivity index is 1.37. The first-order valence-electron chi connectivity index (χ1n) is 9.59. The molecule has 4 rings (SSSR count). The highest BCUT2D eigenvalue weighted by atomic mass is 32.1. The monoisotopic (exact) mass is 420 g/mol. The Morgan fingerprint density at radius 1 is 0.967 bits per heavy atom. The fraction of sp³-hybridized carbons (Fsp3) is 0.174. The minimum Gasteiger partial charge on any atom is -0.484 e. The number of benzene rings is 2. The van der Waals surface area contributed by atoms with Crippen molar-refractivity contribution < 1.29 is 19.1 Å². The summed E-state index contributed by atoms with van der Waals surface area (Å²) < 4.78 is 5.52. The third-order valence-electron chi connectivity index (χ3n) is 4.94. The Morgan fingerprint density at radius 2 is 1.67 bits per heavy atom. The minimum absolute atomic E-state index is 0.0791. The molecule has 0 saturated carbocycles. The Labute approximate surface area is 177 Å². The van der Waals surface area contributed by atoms with Gasteiger partial charge >= 0.3 is 0 Å². The van der Waals surface area contributed by atoms with E-state index in [0.29, 0.717) is 27.4 Å². The van der Waals surface area contributed by atoms with Crippen molar-refractivity contribution in [3.8, 4) is 5.75 Å². The summed E-state index contributed by atoms with van der Waals surface area (Å²) in [6.07, 6.45) is 2.72. The summed E-state index contributed by atoms with van der Waals surface area (Å²) in [6.45, 7) is -0.216. The van der Waals surface area contributed by atoms with Crippen LogP contribution in [0.1, 0.15) is 43.1 Å². The van der Waals surface area contributed by atoms with Gasteiger partial charge < -0.3 is 15.8 Å². The van der Waals surface area contributed by atoms with E-state index >= 15 is 0 Å². The number of hydrogen-bond donors (Lipinski definition) is 2. The second-order valence-corrected chi connectivity index (χ2v) is 8.09. The molecule has 1 aliphatic carbocycles. The summed E-state index contributed by atoms with van der Waals surface area (Å²) in [7, 11) is 0. The molecule has 1 aromatic heterocycles. The Kier molecular flexibility index (Phi) is 5.63. The quantitative estimate of drug-likeness (QED) is 0.571. The zero-order valence-electron chi connectivity index (χ0n) is 16.1. The molecule has 0 aliphatic heterocycles. The van der Waals surface area contributed by atoms with Gasteiger partial charge in [0.1, 0.15) is 10.8 Å². The van der Waals surface area contributed by atoms with Crippen LogP contribution >= 0.6 is 11.3 Å². The molecule has 1 aliphatic rings. The molecule has 2 amide bonds. The molecule has 1 heterocycles. The fourth-order valence-corrected chi connectivity index (χ4v) is 4.83. The average molecular weight is 420 g/mol. The second-order valence-electron chi connectivity index (χ2n) is 6.98. The molecular formula is C23H20N2O4S. The summed E-state index contributed by atoms with van der Waals surface area (Å²) in [5.41, 5.74) is 8.04. The van der Waals surface area contributed by atoms with Crippen LogP contribution in [-0.2, 0) is 17.6 Å². The lowest BCUT2D eigenvalue weighted by Crippen LogP contribution is -2.22. The van der Waals surface area contributed by atoms with Gasteiger partial charge in [0.15, 0.2) is 12.4 Å². The molecule has 3 N–H and O–H groups in total. The highest BCUT2D eigenvalue weighted by Gasteiger charge is 2.26. The first-order chi connectivity index (χ1) is 14.5. The van der Waals surface area contributed by atoms with E-state index in [1.165, 1.54) is 11.3 Å². The molecule has 6 nitrogen and oxygen atoms in total. The lowest BCUT2D eigenvalue weighted by atomic mass is 10.0. The molecule has 3 aromatic rings. The van der Waals surface area contributed by atoms with Crippen molar-refractivity contribution in [2.75, 3.05) is 11.9 Å². The van der Waals surface area contributed by atoms with Gasteiger partial charge in [-0.3, -0.25) is 14.4 Å². The van der Waals surface area contributed by atoms with E-state index in [0.717, 1.165) is 29.7 Å². The predicted octanol–water partition coefficient (Wildman–Crippen LogP) is 3.58. The van der Waals surface area contributed by atoms with Gasteiger partial charge in [-0.1, -0.05) is 30.3 Å². The van der Waals surface area contributed by atoms with Crippen molar-refractivity contribution >= 4 is 33.9 Å². The van der Waals surface area contributed by atoms with Crippen molar-refractivity contribution in [3.05, 3.63) is 81.7 Å². The molecule has 7 heteroatoms. The van der Waals surface area contributed by atoms with Gasteiger partial charge in [-0.25, -0.2) is 0 Å². The van der Waals surface area contributed by atoms with Crippen LogP contribution in [0.4, 0.5) is 5.00 Å². The summed E-state index contributed by atoms with van der Waals surface area (Å²) in [5.74, 6) is -0.505. The van der Waals surface area contributed by atoms with E-state index in [4.69, 9.17) is 10.5 Å². The molecular weight excluding hydrogens is 400 g/mol. The van der Waals surface area contributed by atoms with Crippen LogP contribution in [-0.4, -0.2) is 24.2 Å². The zero-order valence-corrected chi connectivity index (χ0v) is 17.0. The number of nitrogens with one attached hydrogen (secondary N) is 1. The second kappa shape index (κ2) is 8.51. The number of aryl methyl sites for hydroxylation is 1. The maximum absolute atomic E-state index is 12.4. The highest BCUT2D eigenvalue weighted by molar-refractivity contribution is 7.17. The number of nitrogens with two attached hydrogens (primary N) is 1. The minimum atomic E-state index is -0.524. The van der Waals surface area contributed by atoms with Crippen molar-refractivity contribution in [2.45, 2.75) is 19.3 Å². The van der Waals surface area contributed by atoms with Crippen molar-refractivity contribution in [1.29, 1.82) is 0 Å². The first-order valence-corrected chi connectivity index (χ1v) is 10.4. The highest BCUT2D eigenvalue weighted by Crippen LogP contribution is 2.38. The lowest BCUT2D eigenvalue weighted by Gasteiger charge is -2.08. The van der Waals surface area contributed by atoms with Crippen LogP contribution in [0.5, 0.6) is 5.75 Å². The molecule has 0 bridgehead atoms. The number of ketones is 1. The smallest absolute Gasteiger partial charge is 0.262 e. The van der Waals surface area contributed by atoms with Gasteiger partial charge in [0.25, 0.3) is 11.8 Å². The summed E-state index contributed by atoms with van der Waals surface area (Å²) in [5, 5.41) is 3.23. The number of rotatable bonds is 7. The van der Waals surface area contributed by atoms with Gasteiger partial charge in [-0.05, 0) is 49.1 Å². The van der Waals surface area contributed by atoms with Gasteiger partial charge in [0.05, 0.1) is 5.56 Å². The van der Waals surface area contributed by atoms with Crippen molar-refractivity contribution in [2.24, 2.45) is 5.73 Å². The third kappa shape index (κ3) is 4.11.